The highest BCUT2D eigenvalue weighted by atomic mass is 16.5. The standard InChI is InChI=1S/C11H13NO5/c1-6(13)12-10-8(16-2)4-7(11(14)15)5-9(10)17-3/h4-5H,1-3H3,(H,12,13)(H,14,15). The molecule has 6 heteroatoms. The molecule has 2 N–H and O–H groups in total. The van der Waals surface area contributed by atoms with Crippen LogP contribution in [-0.2, 0) is 4.79 Å². The predicted molar refractivity (Wildman–Crippen MR) is 60.8 cm³/mol. The molecule has 0 aliphatic heterocycles. The first kappa shape index (κ1) is 12.8. The summed E-state index contributed by atoms with van der Waals surface area (Å²) in [6.07, 6.45) is 0. The third-order valence-corrected chi connectivity index (χ3v) is 2.05. The van der Waals surface area contributed by atoms with E-state index in [2.05, 4.69) is 5.32 Å². The molecule has 0 saturated heterocycles. The van der Waals surface area contributed by atoms with E-state index in [9.17, 15) is 9.59 Å². The Balaban J connectivity index is 3.35. The maximum atomic E-state index is 11.0. The van der Waals surface area contributed by atoms with E-state index in [1.165, 1.54) is 33.3 Å². The fourth-order valence-corrected chi connectivity index (χ4v) is 1.33. The molecule has 0 unspecified atom stereocenters. The summed E-state index contributed by atoms with van der Waals surface area (Å²) in [5, 5.41) is 11.4. The Labute approximate surface area is 98.2 Å². The van der Waals surface area contributed by atoms with Gasteiger partial charge in [0.15, 0.2) is 0 Å². The van der Waals surface area contributed by atoms with Crippen molar-refractivity contribution in [3.05, 3.63) is 17.7 Å². The Morgan fingerprint density at radius 2 is 1.65 bits per heavy atom. The fourth-order valence-electron chi connectivity index (χ4n) is 1.33. The van der Waals surface area contributed by atoms with Crippen LogP contribution >= 0.6 is 0 Å². The van der Waals surface area contributed by atoms with Gasteiger partial charge in [-0.25, -0.2) is 4.79 Å². The summed E-state index contributed by atoms with van der Waals surface area (Å²) >= 11 is 0. The molecule has 92 valence electrons. The minimum atomic E-state index is -1.10. The first-order valence-electron chi connectivity index (χ1n) is 4.76. The van der Waals surface area contributed by atoms with E-state index in [-0.39, 0.29) is 23.0 Å². The zero-order valence-electron chi connectivity index (χ0n) is 9.73. The summed E-state index contributed by atoms with van der Waals surface area (Å²) < 4.78 is 10.0. The fraction of sp³-hybridized carbons (Fsp3) is 0.273. The van der Waals surface area contributed by atoms with Crippen LogP contribution in [0.2, 0.25) is 0 Å². The lowest BCUT2D eigenvalue weighted by molar-refractivity contribution is -0.114. The number of amides is 1. The molecule has 0 heterocycles. The van der Waals surface area contributed by atoms with Gasteiger partial charge < -0.3 is 19.9 Å². The summed E-state index contributed by atoms with van der Waals surface area (Å²) in [6.45, 7) is 1.34. The van der Waals surface area contributed by atoms with Gasteiger partial charge in [0.25, 0.3) is 0 Å². The second kappa shape index (κ2) is 5.20. The van der Waals surface area contributed by atoms with E-state index in [0.29, 0.717) is 5.69 Å². The van der Waals surface area contributed by atoms with Crippen LogP contribution in [0.5, 0.6) is 11.5 Å². The number of hydrogen-bond donors (Lipinski definition) is 2. The van der Waals surface area contributed by atoms with Crippen LogP contribution in [0.15, 0.2) is 12.1 Å². The number of ether oxygens (including phenoxy) is 2. The number of aromatic carboxylic acids is 1. The summed E-state index contributed by atoms with van der Waals surface area (Å²) in [7, 11) is 2.76. The van der Waals surface area contributed by atoms with Gasteiger partial charge in [0.2, 0.25) is 5.91 Å². The van der Waals surface area contributed by atoms with Crippen LogP contribution in [0.4, 0.5) is 5.69 Å². The van der Waals surface area contributed by atoms with E-state index in [1.54, 1.807) is 0 Å². The van der Waals surface area contributed by atoms with Crippen LogP contribution in [-0.4, -0.2) is 31.2 Å². The minimum Gasteiger partial charge on any atom is -0.494 e. The number of anilines is 1. The van der Waals surface area contributed by atoms with Gasteiger partial charge in [0, 0.05) is 6.92 Å². The van der Waals surface area contributed by atoms with Gasteiger partial charge in [-0.15, -0.1) is 0 Å². The van der Waals surface area contributed by atoms with Crippen molar-refractivity contribution in [2.24, 2.45) is 0 Å². The molecule has 0 saturated carbocycles. The number of carboxylic acid groups (broad SMARTS) is 1. The predicted octanol–water partition coefficient (Wildman–Crippen LogP) is 1.36. The van der Waals surface area contributed by atoms with Crippen molar-refractivity contribution < 1.29 is 24.2 Å². The molecule has 0 bridgehead atoms. The van der Waals surface area contributed by atoms with Crippen LogP contribution in [0.25, 0.3) is 0 Å². The van der Waals surface area contributed by atoms with E-state index in [4.69, 9.17) is 14.6 Å². The lowest BCUT2D eigenvalue weighted by atomic mass is 10.1. The zero-order valence-corrected chi connectivity index (χ0v) is 9.73. The molecule has 0 aromatic heterocycles. The van der Waals surface area contributed by atoms with Crippen molar-refractivity contribution in [2.45, 2.75) is 6.92 Å². The number of hydrogen-bond acceptors (Lipinski definition) is 4. The highest BCUT2D eigenvalue weighted by Crippen LogP contribution is 2.36. The monoisotopic (exact) mass is 239 g/mol. The van der Waals surface area contributed by atoms with Gasteiger partial charge >= 0.3 is 5.97 Å². The number of nitrogens with one attached hydrogen (secondary N) is 1. The molecule has 1 aromatic rings. The Kier molecular flexibility index (Phi) is 3.92. The van der Waals surface area contributed by atoms with Gasteiger partial charge in [-0.3, -0.25) is 4.79 Å². The molecule has 0 radical (unpaired) electrons. The SMILES string of the molecule is COc1cc(C(=O)O)cc(OC)c1NC(C)=O. The molecule has 6 nitrogen and oxygen atoms in total. The van der Waals surface area contributed by atoms with E-state index < -0.39 is 5.97 Å². The van der Waals surface area contributed by atoms with Crippen molar-refractivity contribution in [3.8, 4) is 11.5 Å². The largest absolute Gasteiger partial charge is 0.494 e. The molecular formula is C11H13NO5. The van der Waals surface area contributed by atoms with Crippen molar-refractivity contribution in [3.63, 3.8) is 0 Å². The quantitative estimate of drug-likeness (QED) is 0.828. The minimum absolute atomic E-state index is 0.0211. The van der Waals surface area contributed by atoms with Crippen molar-refractivity contribution >= 4 is 17.6 Å². The normalized spacial score (nSPS) is 9.59. The molecule has 0 fully saturated rings. The van der Waals surface area contributed by atoms with Crippen molar-refractivity contribution in [2.75, 3.05) is 19.5 Å². The summed E-state index contributed by atoms with van der Waals surface area (Å²) in [5.74, 6) is -0.936. The number of benzene rings is 1. The summed E-state index contributed by atoms with van der Waals surface area (Å²) in [4.78, 5) is 21.9. The third-order valence-electron chi connectivity index (χ3n) is 2.05. The zero-order chi connectivity index (χ0) is 13.0. The molecule has 1 rings (SSSR count). The van der Waals surface area contributed by atoms with Crippen LogP contribution in [0.3, 0.4) is 0 Å². The van der Waals surface area contributed by atoms with Crippen molar-refractivity contribution in [1.29, 1.82) is 0 Å². The maximum absolute atomic E-state index is 11.0. The van der Waals surface area contributed by atoms with Crippen LogP contribution in [0, 0.1) is 0 Å². The summed E-state index contributed by atoms with van der Waals surface area (Å²) in [6, 6.07) is 2.63. The number of rotatable bonds is 4. The maximum Gasteiger partial charge on any atom is 0.335 e. The first-order chi connectivity index (χ1) is 7.99. The molecule has 1 aromatic carbocycles. The van der Waals surface area contributed by atoms with Crippen LogP contribution < -0.4 is 14.8 Å². The summed E-state index contributed by atoms with van der Waals surface area (Å²) in [5.41, 5.74) is 0.334. The topological polar surface area (TPSA) is 84.9 Å². The second-order valence-corrected chi connectivity index (χ2v) is 3.24. The number of carboxylic acids is 1. The van der Waals surface area contributed by atoms with Gasteiger partial charge in [-0.2, -0.15) is 0 Å². The van der Waals surface area contributed by atoms with Crippen LogP contribution in [0.1, 0.15) is 17.3 Å². The molecule has 17 heavy (non-hydrogen) atoms. The Morgan fingerprint density at radius 3 is 1.94 bits per heavy atom. The molecule has 1 amide bonds. The lowest BCUT2D eigenvalue weighted by Gasteiger charge is -2.14. The Hall–Kier alpha value is -2.24. The molecule has 0 atom stereocenters. The van der Waals surface area contributed by atoms with Crippen molar-refractivity contribution in [1.82, 2.24) is 0 Å². The molecule has 0 aliphatic carbocycles. The highest BCUT2D eigenvalue weighted by Gasteiger charge is 2.16. The van der Waals surface area contributed by atoms with E-state index in [1.807, 2.05) is 0 Å². The highest BCUT2D eigenvalue weighted by molar-refractivity contribution is 5.96. The van der Waals surface area contributed by atoms with E-state index in [0.717, 1.165) is 0 Å². The average Bonchev–Trinajstić information content (AvgIpc) is 2.28. The van der Waals surface area contributed by atoms with Gasteiger partial charge in [-0.1, -0.05) is 0 Å². The van der Waals surface area contributed by atoms with E-state index >= 15 is 0 Å². The number of carbonyl (C=O) groups excluding carboxylic acids is 1. The van der Waals surface area contributed by atoms with Gasteiger partial charge in [0.05, 0.1) is 19.8 Å². The second-order valence-electron chi connectivity index (χ2n) is 3.24. The molecular weight excluding hydrogens is 226 g/mol. The van der Waals surface area contributed by atoms with Gasteiger partial charge in [0.1, 0.15) is 17.2 Å². The lowest BCUT2D eigenvalue weighted by Crippen LogP contribution is -2.10. The Bertz CT molecular complexity index is 430. The number of carbonyl (C=O) groups is 2. The first-order valence-corrected chi connectivity index (χ1v) is 4.76. The number of methoxy groups -OCH3 is 2. The molecule has 0 aliphatic rings. The van der Waals surface area contributed by atoms with Gasteiger partial charge in [-0.05, 0) is 12.1 Å². The smallest absolute Gasteiger partial charge is 0.335 e. The average molecular weight is 239 g/mol. The molecule has 0 spiro atoms. The Morgan fingerprint density at radius 1 is 1.18 bits per heavy atom. The third kappa shape index (κ3) is 2.87.